The van der Waals surface area contributed by atoms with Crippen molar-refractivity contribution >= 4 is 17.6 Å². The maximum absolute atomic E-state index is 12.9. The van der Waals surface area contributed by atoms with E-state index in [0.717, 1.165) is 18.6 Å². The Labute approximate surface area is 117 Å². The fourth-order valence-electron chi connectivity index (χ4n) is 1.46. The first kappa shape index (κ1) is 15.9. The third-order valence-electron chi connectivity index (χ3n) is 2.89. The molecule has 0 aromatic heterocycles. The molecule has 0 saturated heterocycles. The summed E-state index contributed by atoms with van der Waals surface area (Å²) in [5, 5.41) is 2.70. The molecule has 1 aromatic rings. The Balaban J connectivity index is 2.68. The molecule has 20 heavy (non-hydrogen) atoms. The van der Waals surface area contributed by atoms with Crippen LogP contribution < -0.4 is 11.1 Å². The summed E-state index contributed by atoms with van der Waals surface area (Å²) >= 11 is 0. The van der Waals surface area contributed by atoms with E-state index < -0.39 is 17.9 Å². The minimum atomic E-state index is -0.944. The lowest BCUT2D eigenvalue weighted by atomic mass is 10.2. The molecule has 110 valence electrons. The average molecular weight is 282 g/mol. The number of benzene rings is 1. The second-order valence-electron chi connectivity index (χ2n) is 4.60. The van der Waals surface area contributed by atoms with Crippen LogP contribution in [-0.4, -0.2) is 24.0 Å². The van der Waals surface area contributed by atoms with Gasteiger partial charge in [0.05, 0.1) is 5.56 Å². The molecule has 0 radical (unpaired) electrons. The van der Waals surface area contributed by atoms with Crippen LogP contribution in [-0.2, 0) is 9.53 Å². The highest BCUT2D eigenvalue weighted by atomic mass is 19.1. The number of amides is 1. The number of esters is 1. The van der Waals surface area contributed by atoms with Crippen LogP contribution in [0.2, 0.25) is 0 Å². The second-order valence-corrected chi connectivity index (χ2v) is 4.60. The first-order chi connectivity index (χ1) is 9.35. The summed E-state index contributed by atoms with van der Waals surface area (Å²) in [6, 6.07) is 3.36. The van der Waals surface area contributed by atoms with Gasteiger partial charge in [-0.25, -0.2) is 9.18 Å². The molecule has 2 atom stereocenters. The largest absolute Gasteiger partial charge is 0.449 e. The van der Waals surface area contributed by atoms with Gasteiger partial charge in [0.15, 0.2) is 6.10 Å². The Kier molecular flexibility index (Phi) is 5.49. The van der Waals surface area contributed by atoms with Gasteiger partial charge in [0, 0.05) is 11.7 Å². The summed E-state index contributed by atoms with van der Waals surface area (Å²) in [4.78, 5) is 23.6. The van der Waals surface area contributed by atoms with E-state index >= 15 is 0 Å². The molecule has 6 heteroatoms. The third-order valence-corrected chi connectivity index (χ3v) is 2.89. The fraction of sp³-hybridized carbons (Fsp3) is 0.429. The first-order valence-electron chi connectivity index (χ1n) is 6.41. The van der Waals surface area contributed by atoms with Crippen molar-refractivity contribution < 1.29 is 18.7 Å². The number of hydrogen-bond acceptors (Lipinski definition) is 4. The SMILES string of the molecule is CCC(C)NC(=O)C(C)OC(=O)c1ccc(F)cc1N. The van der Waals surface area contributed by atoms with Crippen LogP contribution in [0, 0.1) is 5.82 Å². The van der Waals surface area contributed by atoms with Crippen LogP contribution in [0.1, 0.15) is 37.6 Å². The van der Waals surface area contributed by atoms with Gasteiger partial charge in [0.25, 0.3) is 5.91 Å². The van der Waals surface area contributed by atoms with Crippen molar-refractivity contribution in [2.75, 3.05) is 5.73 Å². The summed E-state index contributed by atoms with van der Waals surface area (Å²) in [7, 11) is 0. The van der Waals surface area contributed by atoms with E-state index in [1.807, 2.05) is 13.8 Å². The zero-order valence-corrected chi connectivity index (χ0v) is 11.8. The normalized spacial score (nSPS) is 13.4. The molecule has 0 aliphatic carbocycles. The standard InChI is InChI=1S/C14H19FN2O3/c1-4-8(2)17-13(18)9(3)20-14(19)11-6-5-10(15)7-12(11)16/h5-9H,4,16H2,1-3H3,(H,17,18). The zero-order valence-electron chi connectivity index (χ0n) is 11.8. The number of nitrogens with one attached hydrogen (secondary N) is 1. The molecular weight excluding hydrogens is 263 g/mol. The smallest absolute Gasteiger partial charge is 0.341 e. The minimum Gasteiger partial charge on any atom is -0.449 e. The molecule has 1 amide bonds. The molecule has 2 unspecified atom stereocenters. The summed E-state index contributed by atoms with van der Waals surface area (Å²) in [6.07, 6.45) is -0.168. The van der Waals surface area contributed by atoms with Crippen LogP contribution in [0.5, 0.6) is 0 Å². The Bertz CT molecular complexity index is 505. The van der Waals surface area contributed by atoms with Crippen molar-refractivity contribution in [2.45, 2.75) is 39.3 Å². The number of nitrogen functional groups attached to an aromatic ring is 1. The maximum atomic E-state index is 12.9. The second kappa shape index (κ2) is 6.88. The maximum Gasteiger partial charge on any atom is 0.341 e. The van der Waals surface area contributed by atoms with Gasteiger partial charge in [-0.1, -0.05) is 6.92 Å². The molecular formula is C14H19FN2O3. The Morgan fingerprint density at radius 3 is 2.60 bits per heavy atom. The van der Waals surface area contributed by atoms with E-state index in [0.29, 0.717) is 0 Å². The summed E-state index contributed by atoms with van der Waals surface area (Å²) in [5.74, 6) is -1.68. The summed E-state index contributed by atoms with van der Waals surface area (Å²) < 4.78 is 17.9. The predicted molar refractivity (Wildman–Crippen MR) is 73.6 cm³/mol. The van der Waals surface area contributed by atoms with Crippen LogP contribution in [0.4, 0.5) is 10.1 Å². The fourth-order valence-corrected chi connectivity index (χ4v) is 1.46. The molecule has 0 aliphatic heterocycles. The van der Waals surface area contributed by atoms with Gasteiger partial charge in [-0.05, 0) is 38.5 Å². The Hall–Kier alpha value is -2.11. The molecule has 1 rings (SSSR count). The summed E-state index contributed by atoms with van der Waals surface area (Å²) in [5.41, 5.74) is 5.55. The zero-order chi connectivity index (χ0) is 15.3. The average Bonchev–Trinajstić information content (AvgIpc) is 2.37. The van der Waals surface area contributed by atoms with Crippen molar-refractivity contribution in [1.82, 2.24) is 5.32 Å². The number of ether oxygens (including phenoxy) is 1. The van der Waals surface area contributed by atoms with Gasteiger partial charge in [0.2, 0.25) is 0 Å². The lowest BCUT2D eigenvalue weighted by molar-refractivity contribution is -0.129. The van der Waals surface area contributed by atoms with E-state index in [2.05, 4.69) is 5.32 Å². The first-order valence-corrected chi connectivity index (χ1v) is 6.41. The van der Waals surface area contributed by atoms with Crippen molar-refractivity contribution in [3.05, 3.63) is 29.6 Å². The Morgan fingerprint density at radius 2 is 2.05 bits per heavy atom. The van der Waals surface area contributed by atoms with Crippen molar-refractivity contribution in [3.8, 4) is 0 Å². The van der Waals surface area contributed by atoms with Crippen LogP contribution in [0.3, 0.4) is 0 Å². The van der Waals surface area contributed by atoms with Gasteiger partial charge in [-0.2, -0.15) is 0 Å². The number of carbonyl (C=O) groups excluding carboxylic acids is 2. The highest BCUT2D eigenvalue weighted by Crippen LogP contribution is 2.15. The molecule has 0 saturated carbocycles. The molecule has 0 bridgehead atoms. The number of rotatable bonds is 5. The minimum absolute atomic E-state index is 0.000423. The molecule has 1 aromatic carbocycles. The van der Waals surface area contributed by atoms with E-state index in [9.17, 15) is 14.0 Å². The van der Waals surface area contributed by atoms with Gasteiger partial charge in [0.1, 0.15) is 5.82 Å². The predicted octanol–water partition coefficient (Wildman–Crippen LogP) is 1.87. The monoisotopic (exact) mass is 282 g/mol. The van der Waals surface area contributed by atoms with E-state index in [1.165, 1.54) is 13.0 Å². The Morgan fingerprint density at radius 1 is 1.40 bits per heavy atom. The number of halogens is 1. The van der Waals surface area contributed by atoms with Gasteiger partial charge in [-0.15, -0.1) is 0 Å². The highest BCUT2D eigenvalue weighted by Gasteiger charge is 2.21. The van der Waals surface area contributed by atoms with Crippen LogP contribution >= 0.6 is 0 Å². The van der Waals surface area contributed by atoms with E-state index in [4.69, 9.17) is 10.5 Å². The quantitative estimate of drug-likeness (QED) is 0.638. The van der Waals surface area contributed by atoms with E-state index in [-0.39, 0.29) is 23.2 Å². The lowest BCUT2D eigenvalue weighted by Gasteiger charge is -2.17. The molecule has 3 N–H and O–H groups in total. The number of hydrogen-bond donors (Lipinski definition) is 2. The molecule has 0 fully saturated rings. The van der Waals surface area contributed by atoms with Gasteiger partial charge < -0.3 is 15.8 Å². The third kappa shape index (κ3) is 4.22. The van der Waals surface area contributed by atoms with Crippen LogP contribution in [0.15, 0.2) is 18.2 Å². The number of carbonyl (C=O) groups is 2. The number of anilines is 1. The van der Waals surface area contributed by atoms with Crippen LogP contribution in [0.25, 0.3) is 0 Å². The lowest BCUT2D eigenvalue weighted by Crippen LogP contribution is -2.40. The van der Waals surface area contributed by atoms with Crippen molar-refractivity contribution in [1.29, 1.82) is 0 Å². The molecule has 5 nitrogen and oxygen atoms in total. The topological polar surface area (TPSA) is 81.4 Å². The molecule has 0 spiro atoms. The van der Waals surface area contributed by atoms with Crippen molar-refractivity contribution in [2.24, 2.45) is 0 Å². The highest BCUT2D eigenvalue weighted by molar-refractivity contribution is 5.96. The van der Waals surface area contributed by atoms with Gasteiger partial charge in [-0.3, -0.25) is 4.79 Å². The number of nitrogens with two attached hydrogens (primary N) is 1. The van der Waals surface area contributed by atoms with Gasteiger partial charge >= 0.3 is 5.97 Å². The van der Waals surface area contributed by atoms with E-state index in [1.54, 1.807) is 0 Å². The molecule has 0 aliphatic rings. The van der Waals surface area contributed by atoms with Crippen molar-refractivity contribution in [3.63, 3.8) is 0 Å². The summed E-state index contributed by atoms with van der Waals surface area (Å²) in [6.45, 7) is 5.25. The molecule has 0 heterocycles.